The van der Waals surface area contributed by atoms with Crippen molar-refractivity contribution in [1.29, 1.82) is 0 Å². The van der Waals surface area contributed by atoms with Crippen LogP contribution in [0.25, 0.3) is 0 Å². The molecule has 27 heavy (non-hydrogen) atoms. The van der Waals surface area contributed by atoms with Gasteiger partial charge in [-0.15, -0.1) is 0 Å². The van der Waals surface area contributed by atoms with E-state index in [4.69, 9.17) is 0 Å². The lowest BCUT2D eigenvalue weighted by molar-refractivity contribution is -0.136. The number of rotatable bonds is 5. The number of nitrogens with one attached hydrogen (secondary N) is 1. The summed E-state index contributed by atoms with van der Waals surface area (Å²) >= 11 is 0. The molecule has 3 aromatic carbocycles. The van der Waals surface area contributed by atoms with Crippen molar-refractivity contribution in [2.75, 3.05) is 0 Å². The van der Waals surface area contributed by atoms with Crippen LogP contribution in [0.3, 0.4) is 0 Å². The predicted octanol–water partition coefficient (Wildman–Crippen LogP) is 3.17. The van der Waals surface area contributed by atoms with Crippen molar-refractivity contribution in [2.45, 2.75) is 12.5 Å². The van der Waals surface area contributed by atoms with Crippen LogP contribution >= 0.6 is 0 Å². The van der Waals surface area contributed by atoms with Crippen molar-refractivity contribution in [3.05, 3.63) is 102 Å². The minimum atomic E-state index is -1.87. The van der Waals surface area contributed by atoms with Gasteiger partial charge in [0.05, 0.1) is 5.71 Å². The smallest absolute Gasteiger partial charge is 0.281 e. The normalized spacial score (nSPS) is 11.9. The summed E-state index contributed by atoms with van der Waals surface area (Å²) in [6.07, 6.45) is 0. The summed E-state index contributed by atoms with van der Waals surface area (Å²) < 4.78 is 0. The molecule has 0 spiro atoms. The SMILES string of the molecule is C/C(=N/NC(=O)C(O)(c1ccccc1)c1ccccc1)c1ccc(O)cc1. The maximum Gasteiger partial charge on any atom is 0.281 e. The highest BCUT2D eigenvalue weighted by molar-refractivity contribution is 6.00. The third kappa shape index (κ3) is 3.88. The van der Waals surface area contributed by atoms with Crippen LogP contribution in [0.5, 0.6) is 5.75 Å². The molecule has 5 nitrogen and oxygen atoms in total. The van der Waals surface area contributed by atoms with Crippen molar-refractivity contribution in [3.8, 4) is 5.75 Å². The molecule has 0 fully saturated rings. The number of phenolic OH excluding ortho intramolecular Hbond substituents is 1. The van der Waals surface area contributed by atoms with E-state index in [0.717, 1.165) is 5.56 Å². The molecule has 136 valence electrons. The maximum absolute atomic E-state index is 12.9. The average molecular weight is 360 g/mol. The van der Waals surface area contributed by atoms with Gasteiger partial charge in [0.15, 0.2) is 5.60 Å². The molecule has 3 N–H and O–H groups in total. The lowest BCUT2D eigenvalue weighted by Crippen LogP contribution is -2.43. The van der Waals surface area contributed by atoms with Crippen LogP contribution in [0, 0.1) is 0 Å². The van der Waals surface area contributed by atoms with Gasteiger partial charge < -0.3 is 10.2 Å². The molecule has 0 unspecified atom stereocenters. The number of nitrogens with zero attached hydrogens (tertiary/aromatic N) is 1. The monoisotopic (exact) mass is 360 g/mol. The van der Waals surface area contributed by atoms with Crippen molar-refractivity contribution < 1.29 is 15.0 Å². The first kappa shape index (κ1) is 18.4. The van der Waals surface area contributed by atoms with E-state index in [1.165, 1.54) is 0 Å². The summed E-state index contributed by atoms with van der Waals surface area (Å²) in [6.45, 7) is 1.73. The second kappa shape index (κ2) is 7.85. The van der Waals surface area contributed by atoms with Gasteiger partial charge in [0.1, 0.15) is 5.75 Å². The van der Waals surface area contributed by atoms with E-state index in [9.17, 15) is 15.0 Å². The maximum atomic E-state index is 12.9. The van der Waals surface area contributed by atoms with Crippen LogP contribution in [-0.2, 0) is 10.4 Å². The molecule has 0 atom stereocenters. The summed E-state index contributed by atoms with van der Waals surface area (Å²) in [6, 6.07) is 24.0. The Morgan fingerprint density at radius 3 is 1.81 bits per heavy atom. The number of aromatic hydroxyl groups is 1. The first-order chi connectivity index (χ1) is 13.0. The van der Waals surface area contributed by atoms with Crippen LogP contribution < -0.4 is 5.43 Å². The van der Waals surface area contributed by atoms with Crippen LogP contribution in [0.4, 0.5) is 0 Å². The summed E-state index contributed by atoms with van der Waals surface area (Å²) in [5.41, 5.74) is 2.79. The van der Waals surface area contributed by atoms with Crippen LogP contribution in [0.1, 0.15) is 23.6 Å². The van der Waals surface area contributed by atoms with Gasteiger partial charge in [-0.05, 0) is 47.9 Å². The fourth-order valence-electron chi connectivity index (χ4n) is 2.77. The first-order valence-corrected chi connectivity index (χ1v) is 8.49. The van der Waals surface area contributed by atoms with Gasteiger partial charge in [-0.3, -0.25) is 4.79 Å². The number of carbonyl (C=O) groups is 1. The third-order valence-electron chi connectivity index (χ3n) is 4.32. The summed E-state index contributed by atoms with van der Waals surface area (Å²) in [4.78, 5) is 12.9. The van der Waals surface area contributed by atoms with Crippen LogP contribution in [0.15, 0.2) is 90.0 Å². The quantitative estimate of drug-likeness (QED) is 0.483. The van der Waals surface area contributed by atoms with E-state index in [1.807, 2.05) is 12.1 Å². The largest absolute Gasteiger partial charge is 0.508 e. The molecule has 0 saturated carbocycles. The van der Waals surface area contributed by atoms with Gasteiger partial charge in [0.25, 0.3) is 5.91 Å². The number of hydrogen-bond acceptors (Lipinski definition) is 4. The van der Waals surface area contributed by atoms with Crippen LogP contribution in [0.2, 0.25) is 0 Å². The van der Waals surface area contributed by atoms with E-state index in [2.05, 4.69) is 10.5 Å². The molecule has 0 radical (unpaired) electrons. The first-order valence-electron chi connectivity index (χ1n) is 8.49. The average Bonchev–Trinajstić information content (AvgIpc) is 2.73. The topological polar surface area (TPSA) is 81.9 Å². The predicted molar refractivity (Wildman–Crippen MR) is 104 cm³/mol. The standard InChI is InChI=1S/C22H20N2O3/c1-16(17-12-14-20(25)15-13-17)23-24-21(26)22(27,18-8-4-2-5-9-18)19-10-6-3-7-11-19/h2-15,25,27H,1H3,(H,24,26)/b23-16-. The number of amides is 1. The highest BCUT2D eigenvalue weighted by atomic mass is 16.3. The number of hydrogen-bond donors (Lipinski definition) is 3. The van der Waals surface area contributed by atoms with Gasteiger partial charge in [0.2, 0.25) is 0 Å². The molecule has 0 aliphatic rings. The minimum Gasteiger partial charge on any atom is -0.508 e. The molecule has 0 aromatic heterocycles. The zero-order valence-corrected chi connectivity index (χ0v) is 14.8. The molecular formula is C22H20N2O3. The molecule has 0 aliphatic carbocycles. The lowest BCUT2D eigenvalue weighted by atomic mass is 9.85. The number of carbonyl (C=O) groups excluding carboxylic acids is 1. The van der Waals surface area contributed by atoms with E-state index in [1.54, 1.807) is 79.7 Å². The Labute approximate surface area is 157 Å². The van der Waals surface area contributed by atoms with Crippen molar-refractivity contribution in [2.24, 2.45) is 5.10 Å². The molecule has 3 aromatic rings. The Morgan fingerprint density at radius 2 is 1.33 bits per heavy atom. The zero-order chi connectivity index (χ0) is 19.3. The van der Waals surface area contributed by atoms with Crippen LogP contribution in [-0.4, -0.2) is 21.8 Å². The fraction of sp³-hybridized carbons (Fsp3) is 0.0909. The summed E-state index contributed by atoms with van der Waals surface area (Å²) in [7, 11) is 0. The Morgan fingerprint density at radius 1 is 0.852 bits per heavy atom. The molecule has 1 amide bonds. The van der Waals surface area contributed by atoms with Gasteiger partial charge in [-0.1, -0.05) is 60.7 Å². The second-order valence-corrected chi connectivity index (χ2v) is 6.13. The van der Waals surface area contributed by atoms with E-state index in [-0.39, 0.29) is 5.75 Å². The molecule has 0 heterocycles. The third-order valence-corrected chi connectivity index (χ3v) is 4.32. The fourth-order valence-corrected chi connectivity index (χ4v) is 2.77. The van der Waals surface area contributed by atoms with Crippen molar-refractivity contribution in [3.63, 3.8) is 0 Å². The van der Waals surface area contributed by atoms with Crippen molar-refractivity contribution >= 4 is 11.6 Å². The van der Waals surface area contributed by atoms with Gasteiger partial charge in [0, 0.05) is 0 Å². The highest BCUT2D eigenvalue weighted by Crippen LogP contribution is 2.29. The molecule has 3 rings (SSSR count). The molecule has 0 saturated heterocycles. The van der Waals surface area contributed by atoms with Crippen molar-refractivity contribution in [1.82, 2.24) is 5.43 Å². The Kier molecular flexibility index (Phi) is 5.33. The molecule has 0 bridgehead atoms. The number of phenols is 1. The molecular weight excluding hydrogens is 340 g/mol. The number of aliphatic hydroxyl groups is 1. The van der Waals surface area contributed by atoms with Gasteiger partial charge in [-0.2, -0.15) is 5.10 Å². The van der Waals surface area contributed by atoms with Gasteiger partial charge in [-0.25, -0.2) is 5.43 Å². The number of benzene rings is 3. The minimum absolute atomic E-state index is 0.151. The second-order valence-electron chi connectivity index (χ2n) is 6.13. The van der Waals surface area contributed by atoms with Gasteiger partial charge >= 0.3 is 0 Å². The highest BCUT2D eigenvalue weighted by Gasteiger charge is 2.39. The zero-order valence-electron chi connectivity index (χ0n) is 14.8. The summed E-state index contributed by atoms with van der Waals surface area (Å²) in [5, 5.41) is 24.8. The van der Waals surface area contributed by atoms with E-state index >= 15 is 0 Å². The van der Waals surface area contributed by atoms with E-state index < -0.39 is 11.5 Å². The number of hydrazone groups is 1. The Hall–Kier alpha value is -3.44. The summed E-state index contributed by atoms with van der Waals surface area (Å²) in [5.74, 6) is -0.504. The Balaban J connectivity index is 1.92. The molecule has 0 aliphatic heterocycles. The lowest BCUT2D eigenvalue weighted by Gasteiger charge is -2.27. The van der Waals surface area contributed by atoms with E-state index in [0.29, 0.717) is 16.8 Å². The molecule has 5 heteroatoms. The Bertz CT molecular complexity index is 897.